The summed E-state index contributed by atoms with van der Waals surface area (Å²) in [6.07, 6.45) is 3.84. The molecule has 1 saturated heterocycles. The quantitative estimate of drug-likeness (QED) is 0.215. The van der Waals surface area contributed by atoms with Crippen LogP contribution in [0.1, 0.15) is 5.56 Å². The van der Waals surface area contributed by atoms with Crippen molar-refractivity contribution in [1.29, 1.82) is 0 Å². The molecule has 7 heteroatoms. The Balaban J connectivity index is 1.46. The third-order valence-corrected chi connectivity index (χ3v) is 7.19. The summed E-state index contributed by atoms with van der Waals surface area (Å²) in [5.41, 5.74) is 4.95. The molecule has 1 amide bonds. The highest BCUT2D eigenvalue weighted by Gasteiger charge is 2.35. The Morgan fingerprint density at radius 1 is 0.763 bits per heavy atom. The predicted molar refractivity (Wildman–Crippen MR) is 157 cm³/mol. The average molecular weight is 533 g/mol. The first-order chi connectivity index (χ1) is 18.7. The average Bonchev–Trinajstić information content (AvgIpc) is 3.51. The number of thioether (sulfide) groups is 1. The van der Waals surface area contributed by atoms with Gasteiger partial charge in [-0.15, -0.1) is 0 Å². The Morgan fingerprint density at radius 3 is 2.03 bits per heavy atom. The molecule has 1 aromatic heterocycles. The number of para-hydroxylation sites is 3. The van der Waals surface area contributed by atoms with Crippen molar-refractivity contribution in [1.82, 2.24) is 9.78 Å². The molecular formula is C31H21ClN4OS. The molecule has 5 nitrogen and oxygen atoms in total. The van der Waals surface area contributed by atoms with Crippen molar-refractivity contribution in [3.8, 4) is 16.9 Å². The van der Waals surface area contributed by atoms with Gasteiger partial charge in [0.1, 0.15) is 0 Å². The van der Waals surface area contributed by atoms with Crippen LogP contribution in [0.4, 0.5) is 11.4 Å². The number of benzene rings is 4. The van der Waals surface area contributed by atoms with E-state index in [1.807, 2.05) is 132 Å². The number of aliphatic imine (C=N–C) groups is 1. The Kier molecular flexibility index (Phi) is 6.65. The molecule has 2 heterocycles. The first-order valence-electron chi connectivity index (χ1n) is 12.0. The van der Waals surface area contributed by atoms with Gasteiger partial charge in [0, 0.05) is 22.3 Å². The van der Waals surface area contributed by atoms with Gasteiger partial charge in [-0.1, -0.05) is 78.3 Å². The summed E-state index contributed by atoms with van der Waals surface area (Å²) in [4.78, 5) is 20.8. The first-order valence-corrected chi connectivity index (χ1v) is 13.2. The second kappa shape index (κ2) is 10.5. The molecule has 184 valence electrons. The molecule has 1 aliphatic rings. The van der Waals surface area contributed by atoms with E-state index >= 15 is 0 Å². The maximum Gasteiger partial charge on any atom is 0.271 e. The SMILES string of the molecule is O=C1C(=Cc2cn(-c3ccccc3)nc2-c2ccc(Cl)cc2)SC(=Nc2ccccc2)N1c1ccccc1. The molecule has 0 aliphatic carbocycles. The normalized spacial score (nSPS) is 15.5. The number of carbonyl (C=O) groups is 1. The number of amides is 1. The van der Waals surface area contributed by atoms with E-state index in [0.717, 1.165) is 33.9 Å². The minimum Gasteiger partial charge on any atom is -0.268 e. The van der Waals surface area contributed by atoms with Crippen molar-refractivity contribution < 1.29 is 4.79 Å². The molecule has 0 bridgehead atoms. The number of rotatable bonds is 5. The summed E-state index contributed by atoms with van der Waals surface area (Å²) in [5, 5.41) is 6.13. The number of halogens is 1. The fourth-order valence-electron chi connectivity index (χ4n) is 4.15. The molecule has 1 fully saturated rings. The molecule has 38 heavy (non-hydrogen) atoms. The number of anilines is 1. The molecule has 0 radical (unpaired) electrons. The van der Waals surface area contributed by atoms with Crippen molar-refractivity contribution in [3.63, 3.8) is 0 Å². The summed E-state index contributed by atoms with van der Waals surface area (Å²) in [5.74, 6) is -0.134. The molecule has 0 atom stereocenters. The van der Waals surface area contributed by atoms with E-state index in [2.05, 4.69) is 0 Å². The van der Waals surface area contributed by atoms with Gasteiger partial charge in [0.05, 0.1) is 27.7 Å². The highest BCUT2D eigenvalue weighted by atomic mass is 35.5. The van der Waals surface area contributed by atoms with E-state index in [9.17, 15) is 4.79 Å². The molecule has 0 saturated carbocycles. The first kappa shape index (κ1) is 24.0. The van der Waals surface area contributed by atoms with Gasteiger partial charge in [-0.2, -0.15) is 5.10 Å². The minimum absolute atomic E-state index is 0.134. The van der Waals surface area contributed by atoms with Crippen LogP contribution in [0.3, 0.4) is 0 Å². The Hall–Kier alpha value is -4.39. The fraction of sp³-hybridized carbons (Fsp3) is 0. The van der Waals surface area contributed by atoms with Crippen molar-refractivity contribution in [2.24, 2.45) is 4.99 Å². The van der Waals surface area contributed by atoms with Crippen LogP contribution in [0.25, 0.3) is 23.0 Å². The largest absolute Gasteiger partial charge is 0.271 e. The van der Waals surface area contributed by atoms with Gasteiger partial charge < -0.3 is 0 Å². The van der Waals surface area contributed by atoms with Crippen LogP contribution in [-0.4, -0.2) is 20.9 Å². The molecule has 0 N–H and O–H groups in total. The molecule has 4 aromatic carbocycles. The zero-order valence-corrected chi connectivity index (χ0v) is 21.7. The lowest BCUT2D eigenvalue weighted by Crippen LogP contribution is -2.28. The van der Waals surface area contributed by atoms with E-state index in [1.54, 1.807) is 4.90 Å². The summed E-state index contributed by atoms with van der Waals surface area (Å²) < 4.78 is 1.83. The van der Waals surface area contributed by atoms with Crippen molar-refractivity contribution >= 4 is 51.9 Å². The number of hydrogen-bond donors (Lipinski definition) is 0. The summed E-state index contributed by atoms with van der Waals surface area (Å²) >= 11 is 7.50. The molecule has 0 unspecified atom stereocenters. The zero-order chi connectivity index (χ0) is 25.9. The highest BCUT2D eigenvalue weighted by molar-refractivity contribution is 8.19. The van der Waals surface area contributed by atoms with Crippen LogP contribution < -0.4 is 4.90 Å². The van der Waals surface area contributed by atoms with Gasteiger partial charge in [-0.25, -0.2) is 9.67 Å². The topological polar surface area (TPSA) is 50.5 Å². The number of carbonyl (C=O) groups excluding carboxylic acids is 1. The third kappa shape index (κ3) is 4.92. The van der Waals surface area contributed by atoms with E-state index in [0.29, 0.717) is 15.1 Å². The van der Waals surface area contributed by atoms with E-state index in [-0.39, 0.29) is 5.91 Å². The molecule has 5 aromatic rings. The Labute approximate surface area is 229 Å². The lowest BCUT2D eigenvalue weighted by Gasteiger charge is -2.15. The minimum atomic E-state index is -0.134. The van der Waals surface area contributed by atoms with Crippen molar-refractivity contribution in [3.05, 3.63) is 137 Å². The van der Waals surface area contributed by atoms with Gasteiger partial charge in [-0.05, 0) is 66.4 Å². The summed E-state index contributed by atoms with van der Waals surface area (Å²) in [6.45, 7) is 0. The Bertz CT molecular complexity index is 1650. The highest BCUT2D eigenvalue weighted by Crippen LogP contribution is 2.38. The summed E-state index contributed by atoms with van der Waals surface area (Å²) in [7, 11) is 0. The second-order valence-corrected chi connectivity index (χ2v) is 9.98. The van der Waals surface area contributed by atoms with Crippen LogP contribution in [0.15, 0.2) is 131 Å². The van der Waals surface area contributed by atoms with Crippen LogP contribution >= 0.6 is 23.4 Å². The van der Waals surface area contributed by atoms with Crippen LogP contribution in [0.2, 0.25) is 5.02 Å². The number of hydrogen-bond acceptors (Lipinski definition) is 4. The van der Waals surface area contributed by atoms with Crippen LogP contribution in [0.5, 0.6) is 0 Å². The fourth-order valence-corrected chi connectivity index (χ4v) is 5.26. The third-order valence-electron chi connectivity index (χ3n) is 5.97. The van der Waals surface area contributed by atoms with Gasteiger partial charge in [0.15, 0.2) is 5.17 Å². The van der Waals surface area contributed by atoms with Crippen LogP contribution in [-0.2, 0) is 4.79 Å². The van der Waals surface area contributed by atoms with E-state index in [1.165, 1.54) is 11.8 Å². The number of nitrogens with zero attached hydrogens (tertiary/aromatic N) is 4. The molecule has 0 spiro atoms. The molecule has 1 aliphatic heterocycles. The lowest BCUT2D eigenvalue weighted by atomic mass is 10.1. The van der Waals surface area contributed by atoms with Gasteiger partial charge in [0.25, 0.3) is 5.91 Å². The number of amidine groups is 1. The smallest absolute Gasteiger partial charge is 0.268 e. The molecular weight excluding hydrogens is 512 g/mol. The van der Waals surface area contributed by atoms with Crippen molar-refractivity contribution in [2.75, 3.05) is 4.90 Å². The van der Waals surface area contributed by atoms with Crippen LogP contribution in [0, 0.1) is 0 Å². The maximum atomic E-state index is 13.8. The molecule has 6 rings (SSSR count). The van der Waals surface area contributed by atoms with Gasteiger partial charge in [0.2, 0.25) is 0 Å². The lowest BCUT2D eigenvalue weighted by molar-refractivity contribution is -0.113. The van der Waals surface area contributed by atoms with E-state index < -0.39 is 0 Å². The predicted octanol–water partition coefficient (Wildman–Crippen LogP) is 8.00. The monoisotopic (exact) mass is 532 g/mol. The maximum absolute atomic E-state index is 13.8. The standard InChI is InChI=1S/C31H21ClN4OS/c32-24-18-16-22(17-19-24)29-23(21-35(34-29)26-12-6-2-7-13-26)20-28-30(37)36(27-14-8-3-9-15-27)31(38-28)33-25-10-4-1-5-11-25/h1-21H. The van der Waals surface area contributed by atoms with Gasteiger partial charge >= 0.3 is 0 Å². The van der Waals surface area contributed by atoms with Gasteiger partial charge in [-0.3, -0.25) is 9.69 Å². The number of aromatic nitrogens is 2. The summed E-state index contributed by atoms with van der Waals surface area (Å²) in [6, 6.07) is 36.7. The zero-order valence-electron chi connectivity index (χ0n) is 20.1. The Morgan fingerprint density at radius 2 is 1.37 bits per heavy atom. The van der Waals surface area contributed by atoms with Crippen molar-refractivity contribution in [2.45, 2.75) is 0 Å². The van der Waals surface area contributed by atoms with E-state index in [4.69, 9.17) is 21.7 Å². The second-order valence-electron chi connectivity index (χ2n) is 8.54.